The number of methoxy groups -OCH3 is 1. The maximum atomic E-state index is 13.4. The van der Waals surface area contributed by atoms with Crippen LogP contribution in [0.15, 0.2) is 53.4 Å². The summed E-state index contributed by atoms with van der Waals surface area (Å²) in [5.41, 5.74) is 0.330. The van der Waals surface area contributed by atoms with Gasteiger partial charge in [-0.3, -0.25) is 9.10 Å². The van der Waals surface area contributed by atoms with E-state index in [4.69, 9.17) is 16.3 Å². The number of amides is 1. The number of ether oxygens (including phenoxy) is 1. The number of anilines is 1. The Labute approximate surface area is 190 Å². The van der Waals surface area contributed by atoms with Gasteiger partial charge in [-0.25, -0.2) is 8.42 Å². The highest BCUT2D eigenvalue weighted by atomic mass is 35.5. The average Bonchev–Trinajstić information content (AvgIpc) is 2.77. The van der Waals surface area contributed by atoms with Crippen LogP contribution in [0.5, 0.6) is 5.75 Å². The fraction of sp³-hybridized carbons (Fsp3) is 0.435. The molecule has 0 unspecified atom stereocenters. The molecule has 6 nitrogen and oxygen atoms in total. The van der Waals surface area contributed by atoms with Crippen LogP contribution in [-0.2, 0) is 14.8 Å². The highest BCUT2D eigenvalue weighted by molar-refractivity contribution is 7.92. The van der Waals surface area contributed by atoms with Crippen LogP contribution in [0.2, 0.25) is 5.02 Å². The molecule has 1 amide bonds. The molecular weight excluding hydrogens is 436 g/mol. The van der Waals surface area contributed by atoms with Gasteiger partial charge in [-0.2, -0.15) is 0 Å². The number of carbonyl (C=O) groups excluding carboxylic acids is 1. The second-order valence-corrected chi connectivity index (χ2v) is 9.69. The standard InChI is InChI=1S/C23H31ClN2O4S/c1-4-6-8-18(5-2)16-25-23(27)17-26(20-10-7-9-19(24)15-20)31(28,29)22-13-11-21(30-3)12-14-22/h7,9-15,18H,4-6,8,16-17H2,1-3H3,(H,25,27)/t18-/m1/s1. The molecule has 1 N–H and O–H groups in total. The molecule has 0 fully saturated rings. The minimum atomic E-state index is -3.99. The predicted octanol–water partition coefficient (Wildman–Crippen LogP) is 4.88. The third kappa shape index (κ3) is 7.14. The molecule has 170 valence electrons. The number of rotatable bonds is 12. The van der Waals surface area contributed by atoms with Crippen LogP contribution >= 0.6 is 11.6 Å². The van der Waals surface area contributed by atoms with E-state index >= 15 is 0 Å². The van der Waals surface area contributed by atoms with Crippen molar-refractivity contribution in [3.05, 3.63) is 53.6 Å². The Morgan fingerprint density at radius 3 is 2.45 bits per heavy atom. The maximum Gasteiger partial charge on any atom is 0.264 e. The fourth-order valence-electron chi connectivity index (χ4n) is 3.21. The predicted molar refractivity (Wildman–Crippen MR) is 125 cm³/mol. The lowest BCUT2D eigenvalue weighted by atomic mass is 9.99. The van der Waals surface area contributed by atoms with E-state index < -0.39 is 10.0 Å². The smallest absolute Gasteiger partial charge is 0.264 e. The van der Waals surface area contributed by atoms with Gasteiger partial charge in [-0.15, -0.1) is 0 Å². The summed E-state index contributed by atoms with van der Waals surface area (Å²) in [6.07, 6.45) is 4.21. The molecule has 0 aliphatic carbocycles. The third-order valence-electron chi connectivity index (χ3n) is 5.16. The second-order valence-electron chi connectivity index (χ2n) is 7.39. The Balaban J connectivity index is 2.25. The third-order valence-corrected chi connectivity index (χ3v) is 7.19. The molecule has 0 aliphatic rings. The molecule has 0 saturated carbocycles. The Morgan fingerprint density at radius 2 is 1.87 bits per heavy atom. The van der Waals surface area contributed by atoms with Crippen molar-refractivity contribution >= 4 is 33.2 Å². The van der Waals surface area contributed by atoms with Gasteiger partial charge in [0.25, 0.3) is 10.0 Å². The molecule has 0 saturated heterocycles. The van der Waals surface area contributed by atoms with Crippen molar-refractivity contribution in [3.8, 4) is 5.75 Å². The van der Waals surface area contributed by atoms with Crippen molar-refractivity contribution in [1.82, 2.24) is 5.32 Å². The topological polar surface area (TPSA) is 75.7 Å². The molecule has 0 spiro atoms. The average molecular weight is 467 g/mol. The van der Waals surface area contributed by atoms with Gasteiger partial charge in [-0.1, -0.05) is 50.8 Å². The highest BCUT2D eigenvalue weighted by Gasteiger charge is 2.27. The first-order chi connectivity index (χ1) is 14.8. The Morgan fingerprint density at radius 1 is 1.16 bits per heavy atom. The number of hydrogen-bond donors (Lipinski definition) is 1. The lowest BCUT2D eigenvalue weighted by molar-refractivity contribution is -0.119. The largest absolute Gasteiger partial charge is 0.497 e. The molecule has 2 aromatic carbocycles. The van der Waals surface area contributed by atoms with Crippen LogP contribution in [0.1, 0.15) is 39.5 Å². The van der Waals surface area contributed by atoms with E-state index in [-0.39, 0.29) is 17.3 Å². The van der Waals surface area contributed by atoms with Crippen LogP contribution in [0.4, 0.5) is 5.69 Å². The number of nitrogens with one attached hydrogen (secondary N) is 1. The van der Waals surface area contributed by atoms with Crippen LogP contribution < -0.4 is 14.4 Å². The number of sulfonamides is 1. The normalized spacial score (nSPS) is 12.3. The molecule has 0 bridgehead atoms. The number of unbranched alkanes of at least 4 members (excludes halogenated alkanes) is 1. The Hall–Kier alpha value is -2.25. The maximum absolute atomic E-state index is 13.4. The van der Waals surface area contributed by atoms with E-state index in [0.29, 0.717) is 28.9 Å². The van der Waals surface area contributed by atoms with E-state index in [1.807, 2.05) is 0 Å². The number of halogens is 1. The van der Waals surface area contributed by atoms with Gasteiger partial charge in [0, 0.05) is 11.6 Å². The summed E-state index contributed by atoms with van der Waals surface area (Å²) in [4.78, 5) is 12.8. The lowest BCUT2D eigenvalue weighted by Gasteiger charge is -2.25. The summed E-state index contributed by atoms with van der Waals surface area (Å²) in [5.74, 6) is 0.567. The van der Waals surface area contributed by atoms with E-state index in [2.05, 4.69) is 19.2 Å². The van der Waals surface area contributed by atoms with Gasteiger partial charge < -0.3 is 10.1 Å². The molecule has 31 heavy (non-hydrogen) atoms. The van der Waals surface area contributed by atoms with Gasteiger partial charge in [0.15, 0.2) is 0 Å². The minimum absolute atomic E-state index is 0.0652. The molecule has 0 aliphatic heterocycles. The first-order valence-electron chi connectivity index (χ1n) is 10.5. The minimum Gasteiger partial charge on any atom is -0.497 e. The van der Waals surface area contributed by atoms with Crippen molar-refractivity contribution in [3.63, 3.8) is 0 Å². The molecule has 0 aromatic heterocycles. The second kappa shape index (κ2) is 12.0. The van der Waals surface area contributed by atoms with Crippen LogP contribution in [0.3, 0.4) is 0 Å². The van der Waals surface area contributed by atoms with Crippen molar-refractivity contribution in [1.29, 1.82) is 0 Å². The van der Waals surface area contributed by atoms with E-state index in [0.717, 1.165) is 30.0 Å². The molecule has 1 atom stereocenters. The van der Waals surface area contributed by atoms with E-state index in [1.54, 1.807) is 30.3 Å². The van der Waals surface area contributed by atoms with Gasteiger partial charge in [0.1, 0.15) is 12.3 Å². The zero-order valence-electron chi connectivity index (χ0n) is 18.3. The van der Waals surface area contributed by atoms with Crippen LogP contribution in [0.25, 0.3) is 0 Å². The SMILES string of the molecule is CCCC[C@@H](CC)CNC(=O)CN(c1cccc(Cl)c1)S(=O)(=O)c1ccc(OC)cc1. The van der Waals surface area contributed by atoms with Crippen molar-refractivity contribution in [2.24, 2.45) is 5.92 Å². The highest BCUT2D eigenvalue weighted by Crippen LogP contribution is 2.27. The summed E-state index contributed by atoms with van der Waals surface area (Å²) >= 11 is 6.09. The zero-order chi connectivity index (χ0) is 22.9. The summed E-state index contributed by atoms with van der Waals surface area (Å²) in [6.45, 7) is 4.43. The van der Waals surface area contributed by atoms with Gasteiger partial charge in [0.2, 0.25) is 5.91 Å². The molecule has 8 heteroatoms. The summed E-state index contributed by atoms with van der Waals surface area (Å²) in [6, 6.07) is 12.5. The number of carbonyl (C=O) groups is 1. The first-order valence-corrected chi connectivity index (χ1v) is 12.3. The Bertz CT molecular complexity index is 948. The molecule has 0 radical (unpaired) electrons. The number of hydrogen-bond acceptors (Lipinski definition) is 4. The molecule has 2 aromatic rings. The van der Waals surface area contributed by atoms with Gasteiger partial charge in [-0.05, 0) is 54.8 Å². The van der Waals surface area contributed by atoms with Crippen molar-refractivity contribution < 1.29 is 17.9 Å². The summed E-state index contributed by atoms with van der Waals surface area (Å²) in [7, 11) is -2.48. The summed E-state index contributed by atoms with van der Waals surface area (Å²) in [5, 5.41) is 3.29. The fourth-order valence-corrected chi connectivity index (χ4v) is 4.81. The molecular formula is C23H31ClN2O4S. The number of benzene rings is 2. The quantitative estimate of drug-likeness (QED) is 0.483. The van der Waals surface area contributed by atoms with Crippen LogP contribution in [-0.4, -0.2) is 34.5 Å². The van der Waals surface area contributed by atoms with Crippen molar-refractivity contribution in [2.45, 2.75) is 44.4 Å². The number of nitrogens with zero attached hydrogens (tertiary/aromatic N) is 1. The Kier molecular flexibility index (Phi) is 9.65. The van der Waals surface area contributed by atoms with E-state index in [9.17, 15) is 13.2 Å². The van der Waals surface area contributed by atoms with Gasteiger partial charge >= 0.3 is 0 Å². The summed E-state index contributed by atoms with van der Waals surface area (Å²) < 4.78 is 33.0. The lowest BCUT2D eigenvalue weighted by Crippen LogP contribution is -2.42. The van der Waals surface area contributed by atoms with Crippen molar-refractivity contribution in [2.75, 3.05) is 24.5 Å². The van der Waals surface area contributed by atoms with E-state index in [1.165, 1.54) is 25.3 Å². The van der Waals surface area contributed by atoms with Crippen LogP contribution in [0, 0.1) is 5.92 Å². The zero-order valence-corrected chi connectivity index (χ0v) is 19.9. The monoisotopic (exact) mass is 466 g/mol. The van der Waals surface area contributed by atoms with Gasteiger partial charge in [0.05, 0.1) is 17.7 Å². The molecule has 2 rings (SSSR count). The molecule has 0 heterocycles. The first kappa shape index (κ1) is 25.0.